The van der Waals surface area contributed by atoms with Gasteiger partial charge in [0.25, 0.3) is 0 Å². The van der Waals surface area contributed by atoms with Crippen LogP contribution in [0.4, 0.5) is 4.39 Å². The summed E-state index contributed by atoms with van der Waals surface area (Å²) in [5.74, 6) is -1.82. The zero-order valence-electron chi connectivity index (χ0n) is 8.76. The summed E-state index contributed by atoms with van der Waals surface area (Å²) in [5.41, 5.74) is 0.171. The fourth-order valence-corrected chi connectivity index (χ4v) is 1.79. The predicted molar refractivity (Wildman–Crippen MR) is 62.9 cm³/mol. The van der Waals surface area contributed by atoms with E-state index < -0.39 is 11.8 Å². The summed E-state index contributed by atoms with van der Waals surface area (Å²) in [6.07, 6.45) is 2.31. The van der Waals surface area contributed by atoms with Crippen molar-refractivity contribution < 1.29 is 14.3 Å². The molecule has 90 valence electrons. The lowest BCUT2D eigenvalue weighted by atomic mass is 10.2. The van der Waals surface area contributed by atoms with Gasteiger partial charge in [0.1, 0.15) is 11.8 Å². The molecule has 5 nitrogen and oxygen atoms in total. The number of aromatic carboxylic acids is 1. The number of nitriles is 1. The van der Waals surface area contributed by atoms with Gasteiger partial charge in [0, 0.05) is 6.20 Å². The Balaban J connectivity index is 2.55. The third-order valence-electron chi connectivity index (χ3n) is 2.26. The summed E-state index contributed by atoms with van der Waals surface area (Å²) >= 11 is 2.97. The second-order valence-electron chi connectivity index (χ2n) is 3.35. The van der Waals surface area contributed by atoms with Crippen LogP contribution >= 0.6 is 15.9 Å². The second-order valence-corrected chi connectivity index (χ2v) is 4.14. The molecule has 18 heavy (non-hydrogen) atoms. The van der Waals surface area contributed by atoms with E-state index in [1.54, 1.807) is 0 Å². The molecule has 0 unspecified atom stereocenters. The van der Waals surface area contributed by atoms with Gasteiger partial charge in [-0.25, -0.2) is 13.9 Å². The van der Waals surface area contributed by atoms with E-state index in [9.17, 15) is 9.18 Å². The normalized spacial score (nSPS) is 10.1. The maximum atomic E-state index is 13.9. The minimum atomic E-state index is -1.14. The fraction of sp³-hybridized carbons (Fsp3) is 0. The van der Waals surface area contributed by atoms with Crippen LogP contribution < -0.4 is 0 Å². The SMILES string of the molecule is N#Cc1ccc(-n2cc(C(=O)O)cn2)c(F)c1Br. The van der Waals surface area contributed by atoms with Gasteiger partial charge in [-0.15, -0.1) is 0 Å². The molecule has 0 aliphatic rings. The van der Waals surface area contributed by atoms with Crippen molar-refractivity contribution in [3.05, 3.63) is 45.9 Å². The average molecular weight is 310 g/mol. The van der Waals surface area contributed by atoms with Crippen LogP contribution in [-0.2, 0) is 0 Å². The summed E-state index contributed by atoms with van der Waals surface area (Å²) in [7, 11) is 0. The molecular weight excluding hydrogens is 305 g/mol. The number of nitrogens with zero attached hydrogens (tertiary/aromatic N) is 3. The van der Waals surface area contributed by atoms with E-state index in [0.29, 0.717) is 0 Å². The lowest BCUT2D eigenvalue weighted by molar-refractivity contribution is 0.0697. The third kappa shape index (κ3) is 1.98. The molecule has 0 saturated carbocycles. The highest BCUT2D eigenvalue weighted by molar-refractivity contribution is 9.10. The number of rotatable bonds is 2. The quantitative estimate of drug-likeness (QED) is 0.923. The number of benzene rings is 1. The summed E-state index contributed by atoms with van der Waals surface area (Å²) < 4.78 is 15.1. The lowest BCUT2D eigenvalue weighted by Crippen LogP contribution is -2.00. The summed E-state index contributed by atoms with van der Waals surface area (Å²) in [5, 5.41) is 21.2. The lowest BCUT2D eigenvalue weighted by Gasteiger charge is -2.05. The molecule has 1 aromatic heterocycles. The number of carboxylic acids is 1. The van der Waals surface area contributed by atoms with Crippen LogP contribution in [0.15, 0.2) is 29.0 Å². The molecular formula is C11H5BrFN3O2. The minimum Gasteiger partial charge on any atom is -0.478 e. The fourth-order valence-electron chi connectivity index (χ4n) is 1.37. The molecule has 0 aliphatic carbocycles. The highest BCUT2D eigenvalue weighted by atomic mass is 79.9. The Morgan fingerprint density at radius 3 is 2.83 bits per heavy atom. The van der Waals surface area contributed by atoms with Crippen LogP contribution in [0.1, 0.15) is 15.9 Å². The van der Waals surface area contributed by atoms with Crippen molar-refractivity contribution in [2.45, 2.75) is 0 Å². The Hall–Kier alpha value is -2.20. The number of hydrogen-bond acceptors (Lipinski definition) is 3. The topological polar surface area (TPSA) is 78.9 Å². The minimum absolute atomic E-state index is 0.0230. The average Bonchev–Trinajstić information content (AvgIpc) is 2.82. The van der Waals surface area contributed by atoms with Crippen molar-refractivity contribution in [3.63, 3.8) is 0 Å². The van der Waals surface area contributed by atoms with Crippen molar-refractivity contribution in [2.75, 3.05) is 0 Å². The highest BCUT2D eigenvalue weighted by Crippen LogP contribution is 2.25. The Morgan fingerprint density at radius 1 is 1.56 bits per heavy atom. The molecule has 7 heteroatoms. The van der Waals surface area contributed by atoms with Crippen LogP contribution in [0.25, 0.3) is 5.69 Å². The first-order chi connectivity index (χ1) is 8.54. The smallest absolute Gasteiger partial charge is 0.338 e. The monoisotopic (exact) mass is 309 g/mol. The number of aromatic nitrogens is 2. The molecule has 1 heterocycles. The van der Waals surface area contributed by atoms with Gasteiger partial charge in [0.05, 0.1) is 21.8 Å². The second kappa shape index (κ2) is 4.58. The van der Waals surface area contributed by atoms with Crippen molar-refractivity contribution in [1.82, 2.24) is 9.78 Å². The molecule has 0 saturated heterocycles. The van der Waals surface area contributed by atoms with Crippen LogP contribution in [-0.4, -0.2) is 20.9 Å². The van der Waals surface area contributed by atoms with Gasteiger partial charge in [-0.2, -0.15) is 10.4 Å². The van der Waals surface area contributed by atoms with Gasteiger partial charge in [0.15, 0.2) is 5.82 Å². The highest BCUT2D eigenvalue weighted by Gasteiger charge is 2.14. The van der Waals surface area contributed by atoms with E-state index >= 15 is 0 Å². The van der Waals surface area contributed by atoms with Gasteiger partial charge in [0.2, 0.25) is 0 Å². The number of hydrogen-bond donors (Lipinski definition) is 1. The zero-order chi connectivity index (χ0) is 13.3. The Labute approximate surface area is 109 Å². The van der Waals surface area contributed by atoms with E-state index in [0.717, 1.165) is 10.9 Å². The maximum Gasteiger partial charge on any atom is 0.338 e. The van der Waals surface area contributed by atoms with E-state index in [-0.39, 0.29) is 21.3 Å². The molecule has 1 aromatic carbocycles. The number of carboxylic acid groups (broad SMARTS) is 1. The first-order valence-corrected chi connectivity index (χ1v) is 5.50. The van der Waals surface area contributed by atoms with Gasteiger partial charge in [-0.1, -0.05) is 0 Å². The predicted octanol–water partition coefficient (Wildman–Crippen LogP) is 2.34. The van der Waals surface area contributed by atoms with E-state index in [1.807, 2.05) is 6.07 Å². The summed E-state index contributed by atoms with van der Waals surface area (Å²) in [4.78, 5) is 10.7. The molecule has 0 fully saturated rings. The largest absolute Gasteiger partial charge is 0.478 e. The van der Waals surface area contributed by atoms with E-state index in [2.05, 4.69) is 21.0 Å². The molecule has 0 atom stereocenters. The summed E-state index contributed by atoms with van der Waals surface area (Å²) in [6, 6.07) is 4.61. The molecule has 0 amide bonds. The number of halogens is 2. The standard InChI is InChI=1S/C11H5BrFN3O2/c12-9-6(3-14)1-2-8(10(9)13)16-5-7(4-15-16)11(17)18/h1-2,4-5H,(H,17,18). The molecule has 2 aromatic rings. The van der Waals surface area contributed by atoms with E-state index in [4.69, 9.17) is 10.4 Å². The molecule has 2 rings (SSSR count). The van der Waals surface area contributed by atoms with Gasteiger partial charge in [-0.3, -0.25) is 0 Å². The molecule has 0 radical (unpaired) electrons. The van der Waals surface area contributed by atoms with Gasteiger partial charge >= 0.3 is 5.97 Å². The zero-order valence-corrected chi connectivity index (χ0v) is 10.3. The molecule has 1 N–H and O–H groups in total. The summed E-state index contributed by atoms with van der Waals surface area (Å²) in [6.45, 7) is 0. The Morgan fingerprint density at radius 2 is 2.28 bits per heavy atom. The third-order valence-corrected chi connectivity index (χ3v) is 3.03. The Bertz CT molecular complexity index is 675. The van der Waals surface area contributed by atoms with Crippen LogP contribution in [0.5, 0.6) is 0 Å². The molecule has 0 aliphatic heterocycles. The van der Waals surface area contributed by atoms with Crippen molar-refractivity contribution in [2.24, 2.45) is 0 Å². The molecule has 0 bridgehead atoms. The molecule has 0 spiro atoms. The van der Waals surface area contributed by atoms with Crippen LogP contribution in [0.2, 0.25) is 0 Å². The number of carbonyl (C=O) groups is 1. The van der Waals surface area contributed by atoms with Crippen LogP contribution in [0, 0.1) is 17.1 Å². The van der Waals surface area contributed by atoms with Crippen LogP contribution in [0.3, 0.4) is 0 Å². The maximum absolute atomic E-state index is 13.9. The van der Waals surface area contributed by atoms with Crippen molar-refractivity contribution >= 4 is 21.9 Å². The van der Waals surface area contributed by atoms with Gasteiger partial charge < -0.3 is 5.11 Å². The van der Waals surface area contributed by atoms with Crippen molar-refractivity contribution in [3.8, 4) is 11.8 Å². The van der Waals surface area contributed by atoms with Gasteiger partial charge in [-0.05, 0) is 28.1 Å². The van der Waals surface area contributed by atoms with Crippen molar-refractivity contribution in [1.29, 1.82) is 5.26 Å². The Kier molecular flexibility index (Phi) is 3.12. The first-order valence-electron chi connectivity index (χ1n) is 4.71. The van der Waals surface area contributed by atoms with E-state index in [1.165, 1.54) is 18.3 Å². The first kappa shape index (κ1) is 12.3.